The van der Waals surface area contributed by atoms with Gasteiger partial charge in [-0.15, -0.1) is 0 Å². The van der Waals surface area contributed by atoms with Crippen LogP contribution < -0.4 is 11.1 Å². The Morgan fingerprint density at radius 2 is 2.36 bits per heavy atom. The molecule has 0 aliphatic carbocycles. The number of hydrogen-bond acceptors (Lipinski definition) is 3. The molecular formula is C10H14N2OS. The van der Waals surface area contributed by atoms with Crippen molar-refractivity contribution in [3.63, 3.8) is 0 Å². The van der Waals surface area contributed by atoms with Gasteiger partial charge in [0, 0.05) is 12.5 Å². The first-order valence-corrected chi connectivity index (χ1v) is 5.77. The molecule has 1 fully saturated rings. The average molecular weight is 210 g/mol. The zero-order valence-corrected chi connectivity index (χ0v) is 8.72. The Balaban J connectivity index is 2.06. The zero-order valence-electron chi connectivity index (χ0n) is 7.90. The van der Waals surface area contributed by atoms with Gasteiger partial charge in [0.25, 0.3) is 0 Å². The number of thiophene rings is 1. The Morgan fingerprint density at radius 3 is 3.07 bits per heavy atom. The molecule has 2 heterocycles. The SMILES string of the molecule is NC1CCC(c2ccsc2)CNC1=O. The third-order valence-corrected chi connectivity index (χ3v) is 3.40. The third kappa shape index (κ3) is 1.96. The van der Waals surface area contributed by atoms with E-state index in [1.165, 1.54) is 5.56 Å². The number of nitrogens with two attached hydrogens (primary N) is 1. The highest BCUT2D eigenvalue weighted by Gasteiger charge is 2.22. The highest BCUT2D eigenvalue weighted by Crippen LogP contribution is 2.24. The lowest BCUT2D eigenvalue weighted by atomic mass is 9.96. The van der Waals surface area contributed by atoms with E-state index in [1.54, 1.807) is 11.3 Å². The first-order valence-electron chi connectivity index (χ1n) is 4.83. The van der Waals surface area contributed by atoms with Gasteiger partial charge in [-0.1, -0.05) is 0 Å². The van der Waals surface area contributed by atoms with E-state index in [-0.39, 0.29) is 11.9 Å². The number of carbonyl (C=O) groups excluding carboxylic acids is 1. The number of rotatable bonds is 1. The number of carbonyl (C=O) groups is 1. The fourth-order valence-corrected chi connectivity index (χ4v) is 2.50. The third-order valence-electron chi connectivity index (χ3n) is 2.70. The van der Waals surface area contributed by atoms with Crippen LogP contribution in [0.4, 0.5) is 0 Å². The van der Waals surface area contributed by atoms with Crippen molar-refractivity contribution in [3.05, 3.63) is 22.4 Å². The van der Waals surface area contributed by atoms with E-state index in [1.807, 2.05) is 0 Å². The molecule has 3 nitrogen and oxygen atoms in total. The molecule has 0 bridgehead atoms. The van der Waals surface area contributed by atoms with Gasteiger partial charge in [-0.25, -0.2) is 0 Å². The molecule has 3 N–H and O–H groups in total. The van der Waals surface area contributed by atoms with Gasteiger partial charge in [0.1, 0.15) is 0 Å². The van der Waals surface area contributed by atoms with Crippen LogP contribution in [0.5, 0.6) is 0 Å². The highest BCUT2D eigenvalue weighted by atomic mass is 32.1. The second-order valence-electron chi connectivity index (χ2n) is 3.68. The molecule has 1 aliphatic heterocycles. The fraction of sp³-hybridized carbons (Fsp3) is 0.500. The summed E-state index contributed by atoms with van der Waals surface area (Å²) in [7, 11) is 0. The van der Waals surface area contributed by atoms with E-state index in [0.29, 0.717) is 5.92 Å². The van der Waals surface area contributed by atoms with Crippen molar-refractivity contribution in [1.29, 1.82) is 0 Å². The van der Waals surface area contributed by atoms with Crippen molar-refractivity contribution < 1.29 is 4.79 Å². The molecular weight excluding hydrogens is 196 g/mol. The van der Waals surface area contributed by atoms with Crippen LogP contribution in [0.2, 0.25) is 0 Å². The molecule has 1 aliphatic rings. The maximum atomic E-state index is 11.3. The normalized spacial score (nSPS) is 28.2. The van der Waals surface area contributed by atoms with Crippen LogP contribution in [0, 0.1) is 0 Å². The molecule has 1 aromatic rings. The summed E-state index contributed by atoms with van der Waals surface area (Å²) in [5.41, 5.74) is 7.01. The highest BCUT2D eigenvalue weighted by molar-refractivity contribution is 7.07. The maximum Gasteiger partial charge on any atom is 0.236 e. The lowest BCUT2D eigenvalue weighted by Gasteiger charge is -2.11. The first kappa shape index (κ1) is 9.68. The summed E-state index contributed by atoms with van der Waals surface area (Å²) in [4.78, 5) is 11.3. The van der Waals surface area contributed by atoms with E-state index in [0.717, 1.165) is 19.4 Å². The minimum Gasteiger partial charge on any atom is -0.354 e. The summed E-state index contributed by atoms with van der Waals surface area (Å²) in [5, 5.41) is 7.09. The van der Waals surface area contributed by atoms with Gasteiger partial charge >= 0.3 is 0 Å². The molecule has 14 heavy (non-hydrogen) atoms. The predicted octanol–water partition coefficient (Wildman–Crippen LogP) is 1.07. The van der Waals surface area contributed by atoms with Crippen LogP contribution >= 0.6 is 11.3 Å². The van der Waals surface area contributed by atoms with Crippen molar-refractivity contribution >= 4 is 17.2 Å². The second-order valence-corrected chi connectivity index (χ2v) is 4.46. The van der Waals surface area contributed by atoms with Gasteiger partial charge in [-0.3, -0.25) is 4.79 Å². The molecule has 0 aromatic carbocycles. The predicted molar refractivity (Wildman–Crippen MR) is 57.3 cm³/mol. The van der Waals surface area contributed by atoms with Gasteiger partial charge < -0.3 is 11.1 Å². The van der Waals surface area contributed by atoms with E-state index in [2.05, 4.69) is 22.1 Å². The Morgan fingerprint density at radius 1 is 1.50 bits per heavy atom. The number of nitrogens with one attached hydrogen (secondary N) is 1. The summed E-state index contributed by atoms with van der Waals surface area (Å²) >= 11 is 1.70. The van der Waals surface area contributed by atoms with Crippen molar-refractivity contribution in [2.24, 2.45) is 5.73 Å². The Labute approximate surface area is 87.3 Å². The van der Waals surface area contributed by atoms with E-state index in [4.69, 9.17) is 5.73 Å². The maximum absolute atomic E-state index is 11.3. The van der Waals surface area contributed by atoms with Crippen LogP contribution in [0.1, 0.15) is 24.3 Å². The van der Waals surface area contributed by atoms with Crippen LogP contribution in [0.25, 0.3) is 0 Å². The molecule has 0 spiro atoms. The molecule has 2 unspecified atom stereocenters. The smallest absolute Gasteiger partial charge is 0.236 e. The molecule has 1 saturated heterocycles. The lowest BCUT2D eigenvalue weighted by molar-refractivity contribution is -0.122. The monoisotopic (exact) mass is 210 g/mol. The number of amides is 1. The summed E-state index contributed by atoms with van der Waals surface area (Å²) < 4.78 is 0. The van der Waals surface area contributed by atoms with E-state index >= 15 is 0 Å². The van der Waals surface area contributed by atoms with Gasteiger partial charge in [0.05, 0.1) is 6.04 Å². The van der Waals surface area contributed by atoms with E-state index < -0.39 is 0 Å². The van der Waals surface area contributed by atoms with Crippen molar-refractivity contribution in [3.8, 4) is 0 Å². The summed E-state index contributed by atoms with van der Waals surface area (Å²) in [6.45, 7) is 0.725. The summed E-state index contributed by atoms with van der Waals surface area (Å²) in [5.74, 6) is 0.432. The fourth-order valence-electron chi connectivity index (χ4n) is 1.76. The average Bonchev–Trinajstić information content (AvgIpc) is 2.65. The van der Waals surface area contributed by atoms with Crippen LogP contribution in [0.15, 0.2) is 16.8 Å². The molecule has 2 rings (SSSR count). The van der Waals surface area contributed by atoms with Gasteiger partial charge in [-0.05, 0) is 35.2 Å². The van der Waals surface area contributed by atoms with Crippen LogP contribution in [-0.2, 0) is 4.79 Å². The van der Waals surface area contributed by atoms with Gasteiger partial charge in [-0.2, -0.15) is 11.3 Å². The molecule has 0 radical (unpaired) electrons. The number of hydrogen-bond donors (Lipinski definition) is 2. The summed E-state index contributed by atoms with van der Waals surface area (Å²) in [6.07, 6.45) is 1.78. The van der Waals surface area contributed by atoms with Crippen LogP contribution in [-0.4, -0.2) is 18.5 Å². The summed E-state index contributed by atoms with van der Waals surface area (Å²) in [6, 6.07) is 1.80. The lowest BCUT2D eigenvalue weighted by Crippen LogP contribution is -2.38. The second kappa shape index (κ2) is 4.11. The minimum atomic E-state index is -0.321. The molecule has 0 saturated carbocycles. The first-order chi connectivity index (χ1) is 6.77. The molecule has 76 valence electrons. The van der Waals surface area contributed by atoms with Crippen molar-refractivity contribution in [1.82, 2.24) is 5.32 Å². The molecule has 2 atom stereocenters. The largest absolute Gasteiger partial charge is 0.354 e. The molecule has 1 amide bonds. The topological polar surface area (TPSA) is 55.1 Å². The molecule has 1 aromatic heterocycles. The Kier molecular flexibility index (Phi) is 2.84. The van der Waals surface area contributed by atoms with Gasteiger partial charge in [0.15, 0.2) is 0 Å². The molecule has 4 heteroatoms. The zero-order chi connectivity index (χ0) is 9.97. The minimum absolute atomic E-state index is 0.0114. The quantitative estimate of drug-likeness (QED) is 0.728. The van der Waals surface area contributed by atoms with Gasteiger partial charge in [0.2, 0.25) is 5.91 Å². The van der Waals surface area contributed by atoms with Crippen molar-refractivity contribution in [2.75, 3.05) is 6.54 Å². The van der Waals surface area contributed by atoms with E-state index in [9.17, 15) is 4.79 Å². The van der Waals surface area contributed by atoms with Crippen molar-refractivity contribution in [2.45, 2.75) is 24.8 Å². The standard InChI is InChI=1S/C10H14N2OS/c11-9-2-1-7(5-12-10(9)13)8-3-4-14-6-8/h3-4,6-7,9H,1-2,5,11H2,(H,12,13). The van der Waals surface area contributed by atoms with Crippen LogP contribution in [0.3, 0.4) is 0 Å². The Bertz CT molecular complexity index is 310. The Hall–Kier alpha value is -0.870.